The van der Waals surface area contributed by atoms with Gasteiger partial charge in [0.2, 0.25) is 0 Å². The van der Waals surface area contributed by atoms with Crippen LogP contribution < -0.4 is 10.1 Å². The maximum atomic E-state index is 6.10. The molecule has 0 radical (unpaired) electrons. The monoisotopic (exact) mass is 287 g/mol. The minimum Gasteiger partial charge on any atom is -0.495 e. The Morgan fingerprint density at radius 1 is 1.20 bits per heavy atom. The van der Waals surface area contributed by atoms with Crippen LogP contribution in [0.1, 0.15) is 5.56 Å². The Kier molecular flexibility index (Phi) is 3.52. The fourth-order valence-electron chi connectivity index (χ4n) is 2.14. The van der Waals surface area contributed by atoms with Gasteiger partial charge in [-0.2, -0.15) is 0 Å². The third-order valence-corrected chi connectivity index (χ3v) is 3.49. The van der Waals surface area contributed by atoms with Crippen LogP contribution in [-0.2, 0) is 6.54 Å². The number of benzene rings is 2. The predicted octanol–water partition coefficient (Wildman–Crippen LogP) is 4.71. The van der Waals surface area contributed by atoms with E-state index >= 15 is 0 Å². The lowest BCUT2D eigenvalue weighted by Crippen LogP contribution is -1.98. The summed E-state index contributed by atoms with van der Waals surface area (Å²) in [6.45, 7) is 0.680. The summed E-state index contributed by atoms with van der Waals surface area (Å²) >= 11 is 6.10. The van der Waals surface area contributed by atoms with Gasteiger partial charge in [-0.25, -0.2) is 0 Å². The highest BCUT2D eigenvalue weighted by Crippen LogP contribution is 2.28. The van der Waals surface area contributed by atoms with Gasteiger partial charge in [0.05, 0.1) is 18.4 Å². The van der Waals surface area contributed by atoms with Gasteiger partial charge in [-0.05, 0) is 24.3 Å². The third kappa shape index (κ3) is 2.45. The Balaban J connectivity index is 1.78. The van der Waals surface area contributed by atoms with Crippen molar-refractivity contribution in [2.45, 2.75) is 6.54 Å². The lowest BCUT2D eigenvalue weighted by Gasteiger charge is -2.08. The molecule has 0 amide bonds. The molecule has 0 unspecified atom stereocenters. The maximum absolute atomic E-state index is 6.10. The minimum absolute atomic E-state index is 0.592. The molecule has 0 aliphatic heterocycles. The molecule has 1 heterocycles. The Hall–Kier alpha value is -2.13. The summed E-state index contributed by atoms with van der Waals surface area (Å²) < 4.78 is 10.6. The number of furan rings is 1. The van der Waals surface area contributed by atoms with E-state index in [1.54, 1.807) is 13.4 Å². The zero-order valence-electron chi connectivity index (χ0n) is 11.0. The smallest absolute Gasteiger partial charge is 0.137 e. The predicted molar refractivity (Wildman–Crippen MR) is 81.5 cm³/mol. The molecule has 2 aromatic carbocycles. The third-order valence-electron chi connectivity index (χ3n) is 3.20. The van der Waals surface area contributed by atoms with Crippen LogP contribution in [0.4, 0.5) is 5.69 Å². The van der Waals surface area contributed by atoms with Crippen LogP contribution in [0.2, 0.25) is 5.02 Å². The van der Waals surface area contributed by atoms with Gasteiger partial charge in [-0.1, -0.05) is 29.8 Å². The molecule has 3 nitrogen and oxygen atoms in total. The van der Waals surface area contributed by atoms with Crippen LogP contribution in [0.15, 0.2) is 53.1 Å². The van der Waals surface area contributed by atoms with Crippen molar-refractivity contribution >= 4 is 28.3 Å². The van der Waals surface area contributed by atoms with Gasteiger partial charge in [0.25, 0.3) is 0 Å². The molecule has 3 rings (SSSR count). The van der Waals surface area contributed by atoms with Crippen LogP contribution >= 0.6 is 11.6 Å². The molecule has 102 valence electrons. The first-order chi connectivity index (χ1) is 9.78. The average molecular weight is 288 g/mol. The largest absolute Gasteiger partial charge is 0.495 e. The molecule has 0 saturated heterocycles. The summed E-state index contributed by atoms with van der Waals surface area (Å²) in [6, 6.07) is 13.6. The highest BCUT2D eigenvalue weighted by molar-refractivity contribution is 6.32. The van der Waals surface area contributed by atoms with E-state index < -0.39 is 0 Å². The van der Waals surface area contributed by atoms with E-state index in [0.717, 1.165) is 22.2 Å². The Labute approximate surface area is 122 Å². The summed E-state index contributed by atoms with van der Waals surface area (Å²) in [5.74, 6) is 0.672. The first-order valence-corrected chi connectivity index (χ1v) is 6.68. The second-order valence-corrected chi connectivity index (χ2v) is 4.87. The summed E-state index contributed by atoms with van der Waals surface area (Å²) in [7, 11) is 1.60. The molecular formula is C16H14ClNO2. The molecule has 0 aliphatic carbocycles. The standard InChI is InChI=1S/C16H14ClNO2/c1-19-16-7-6-12(8-14(16)17)18-9-11-10-20-15-5-3-2-4-13(11)15/h2-8,10,18H,9H2,1H3. The zero-order chi connectivity index (χ0) is 13.9. The van der Waals surface area contributed by atoms with Crippen molar-refractivity contribution in [1.29, 1.82) is 0 Å². The van der Waals surface area contributed by atoms with Crippen LogP contribution in [0.25, 0.3) is 11.0 Å². The zero-order valence-corrected chi connectivity index (χ0v) is 11.8. The summed E-state index contributed by atoms with van der Waals surface area (Å²) in [4.78, 5) is 0. The number of para-hydroxylation sites is 1. The van der Waals surface area contributed by atoms with Crippen molar-refractivity contribution in [2.24, 2.45) is 0 Å². The minimum atomic E-state index is 0.592. The van der Waals surface area contributed by atoms with Crippen LogP contribution in [-0.4, -0.2) is 7.11 Å². The number of anilines is 1. The van der Waals surface area contributed by atoms with Gasteiger partial charge in [-0.15, -0.1) is 0 Å². The number of nitrogens with one attached hydrogen (secondary N) is 1. The first kappa shape index (κ1) is 12.9. The van der Waals surface area contributed by atoms with Gasteiger partial charge >= 0.3 is 0 Å². The van der Waals surface area contributed by atoms with Gasteiger partial charge < -0.3 is 14.5 Å². The first-order valence-electron chi connectivity index (χ1n) is 6.30. The Bertz CT molecular complexity index is 736. The fourth-order valence-corrected chi connectivity index (χ4v) is 2.40. The fraction of sp³-hybridized carbons (Fsp3) is 0.125. The Morgan fingerprint density at radius 3 is 2.85 bits per heavy atom. The lowest BCUT2D eigenvalue weighted by atomic mass is 10.2. The molecule has 4 heteroatoms. The van der Waals surface area contributed by atoms with E-state index in [4.69, 9.17) is 20.8 Å². The normalized spacial score (nSPS) is 10.7. The summed E-state index contributed by atoms with van der Waals surface area (Å²) in [5, 5.41) is 5.05. The number of fused-ring (bicyclic) bond motifs is 1. The van der Waals surface area contributed by atoms with Crippen molar-refractivity contribution in [1.82, 2.24) is 0 Å². The second-order valence-electron chi connectivity index (χ2n) is 4.46. The number of halogens is 1. The molecule has 3 aromatic rings. The van der Waals surface area contributed by atoms with Gasteiger partial charge in [0, 0.05) is 23.2 Å². The van der Waals surface area contributed by atoms with Gasteiger partial charge in [-0.3, -0.25) is 0 Å². The van der Waals surface area contributed by atoms with Crippen molar-refractivity contribution in [2.75, 3.05) is 12.4 Å². The number of rotatable bonds is 4. The molecule has 0 fully saturated rings. The van der Waals surface area contributed by atoms with Crippen molar-refractivity contribution in [3.8, 4) is 5.75 Å². The number of methoxy groups -OCH3 is 1. The Morgan fingerprint density at radius 2 is 2.05 bits per heavy atom. The summed E-state index contributed by atoms with van der Waals surface area (Å²) in [6.07, 6.45) is 1.78. The molecule has 20 heavy (non-hydrogen) atoms. The number of ether oxygens (including phenoxy) is 1. The SMILES string of the molecule is COc1ccc(NCc2coc3ccccc23)cc1Cl. The van der Waals surface area contributed by atoms with Gasteiger partial charge in [0.1, 0.15) is 11.3 Å². The van der Waals surface area contributed by atoms with Crippen LogP contribution in [0.5, 0.6) is 5.75 Å². The molecule has 0 aliphatic rings. The van der Waals surface area contributed by atoms with E-state index in [0.29, 0.717) is 17.3 Å². The van der Waals surface area contributed by atoms with Gasteiger partial charge in [0.15, 0.2) is 0 Å². The van der Waals surface area contributed by atoms with E-state index in [1.165, 1.54) is 0 Å². The van der Waals surface area contributed by atoms with Crippen molar-refractivity contribution in [3.63, 3.8) is 0 Å². The topological polar surface area (TPSA) is 34.4 Å². The quantitative estimate of drug-likeness (QED) is 0.755. The van der Waals surface area contributed by atoms with E-state index in [2.05, 4.69) is 11.4 Å². The molecular weight excluding hydrogens is 274 g/mol. The number of hydrogen-bond donors (Lipinski definition) is 1. The lowest BCUT2D eigenvalue weighted by molar-refractivity contribution is 0.415. The molecule has 1 aromatic heterocycles. The highest BCUT2D eigenvalue weighted by Gasteiger charge is 2.06. The maximum Gasteiger partial charge on any atom is 0.137 e. The molecule has 0 bridgehead atoms. The molecule has 0 spiro atoms. The average Bonchev–Trinajstić information content (AvgIpc) is 2.88. The molecule has 0 atom stereocenters. The van der Waals surface area contributed by atoms with Crippen LogP contribution in [0, 0.1) is 0 Å². The van der Waals surface area contributed by atoms with Crippen molar-refractivity contribution in [3.05, 3.63) is 59.3 Å². The molecule has 0 saturated carbocycles. The molecule has 1 N–H and O–H groups in total. The van der Waals surface area contributed by atoms with Crippen LogP contribution in [0.3, 0.4) is 0 Å². The van der Waals surface area contributed by atoms with Crippen molar-refractivity contribution < 1.29 is 9.15 Å². The number of hydrogen-bond acceptors (Lipinski definition) is 3. The second kappa shape index (κ2) is 5.47. The summed E-state index contributed by atoms with van der Waals surface area (Å²) in [5.41, 5.74) is 2.96. The highest BCUT2D eigenvalue weighted by atomic mass is 35.5. The van der Waals surface area contributed by atoms with E-state index in [1.807, 2.05) is 36.4 Å². The van der Waals surface area contributed by atoms with E-state index in [-0.39, 0.29) is 0 Å². The van der Waals surface area contributed by atoms with E-state index in [9.17, 15) is 0 Å².